The standard InChI is InChI=1S/C14H17ClINO/c1-14(2)12(9-5-6-18-13(9)14)17-11-7-8(16)3-4-10(11)15/h3-4,7,9,12-13,17H,5-6H2,1-2H3. The van der Waals surface area contributed by atoms with Gasteiger partial charge in [-0.05, 0) is 47.2 Å². The molecule has 3 unspecified atom stereocenters. The first-order valence-corrected chi connectivity index (χ1v) is 7.79. The first kappa shape index (κ1) is 13.0. The van der Waals surface area contributed by atoms with Gasteiger partial charge in [0.2, 0.25) is 0 Å². The van der Waals surface area contributed by atoms with Gasteiger partial charge in [-0.2, -0.15) is 0 Å². The smallest absolute Gasteiger partial charge is 0.0694 e. The fourth-order valence-corrected chi connectivity index (χ4v) is 4.06. The number of hydrogen-bond acceptors (Lipinski definition) is 2. The average molecular weight is 378 g/mol. The van der Waals surface area contributed by atoms with Crippen molar-refractivity contribution in [2.75, 3.05) is 11.9 Å². The van der Waals surface area contributed by atoms with Crippen molar-refractivity contribution < 1.29 is 4.74 Å². The molecule has 0 radical (unpaired) electrons. The third-order valence-corrected chi connectivity index (χ3v) is 5.34. The lowest BCUT2D eigenvalue weighted by Crippen LogP contribution is -2.63. The van der Waals surface area contributed by atoms with Crippen LogP contribution in [0, 0.1) is 14.9 Å². The van der Waals surface area contributed by atoms with Crippen molar-refractivity contribution in [1.82, 2.24) is 0 Å². The largest absolute Gasteiger partial charge is 0.380 e. The van der Waals surface area contributed by atoms with E-state index in [-0.39, 0.29) is 5.41 Å². The summed E-state index contributed by atoms with van der Waals surface area (Å²) in [5.74, 6) is 0.633. The summed E-state index contributed by atoms with van der Waals surface area (Å²) in [7, 11) is 0. The molecule has 2 aliphatic rings. The Morgan fingerprint density at radius 3 is 3.00 bits per heavy atom. The van der Waals surface area contributed by atoms with Crippen LogP contribution in [0.1, 0.15) is 20.3 Å². The maximum Gasteiger partial charge on any atom is 0.0694 e. The molecule has 3 rings (SSSR count). The molecule has 2 nitrogen and oxygen atoms in total. The van der Waals surface area contributed by atoms with Crippen LogP contribution in [-0.2, 0) is 4.74 Å². The Hall–Kier alpha value is -0.000000000000000132. The maximum atomic E-state index is 6.26. The van der Waals surface area contributed by atoms with E-state index in [0.29, 0.717) is 18.1 Å². The molecule has 1 aromatic carbocycles. The minimum atomic E-state index is 0.186. The monoisotopic (exact) mass is 377 g/mol. The zero-order valence-corrected chi connectivity index (χ0v) is 13.5. The van der Waals surface area contributed by atoms with Crippen LogP contribution in [-0.4, -0.2) is 18.8 Å². The number of rotatable bonds is 2. The van der Waals surface area contributed by atoms with Crippen LogP contribution in [0.3, 0.4) is 0 Å². The highest BCUT2D eigenvalue weighted by atomic mass is 127. The van der Waals surface area contributed by atoms with E-state index in [4.69, 9.17) is 16.3 Å². The second kappa shape index (κ2) is 4.53. The molecule has 1 aliphatic carbocycles. The molecule has 98 valence electrons. The number of hydrogen-bond donors (Lipinski definition) is 1. The van der Waals surface area contributed by atoms with Crippen molar-refractivity contribution in [1.29, 1.82) is 0 Å². The van der Waals surface area contributed by atoms with Crippen LogP contribution in [0.25, 0.3) is 0 Å². The van der Waals surface area contributed by atoms with E-state index >= 15 is 0 Å². The number of benzene rings is 1. The summed E-state index contributed by atoms with van der Waals surface area (Å²) in [6.45, 7) is 5.45. The molecule has 1 saturated heterocycles. The molecular weight excluding hydrogens is 361 g/mol. The number of fused-ring (bicyclic) bond motifs is 1. The normalized spacial score (nSPS) is 32.8. The maximum absolute atomic E-state index is 6.26. The van der Waals surface area contributed by atoms with Gasteiger partial charge in [-0.25, -0.2) is 0 Å². The first-order valence-electron chi connectivity index (χ1n) is 6.33. The van der Waals surface area contributed by atoms with Crippen LogP contribution >= 0.6 is 34.2 Å². The molecule has 1 heterocycles. The second-order valence-corrected chi connectivity index (χ2v) is 7.46. The van der Waals surface area contributed by atoms with E-state index in [1.165, 1.54) is 3.57 Å². The Morgan fingerprint density at radius 1 is 1.44 bits per heavy atom. The van der Waals surface area contributed by atoms with E-state index in [1.54, 1.807) is 0 Å². The Morgan fingerprint density at radius 2 is 2.22 bits per heavy atom. The average Bonchev–Trinajstić information content (AvgIpc) is 2.77. The molecule has 18 heavy (non-hydrogen) atoms. The fourth-order valence-electron chi connectivity index (χ4n) is 3.39. The van der Waals surface area contributed by atoms with Gasteiger partial charge in [-0.1, -0.05) is 25.4 Å². The van der Waals surface area contributed by atoms with E-state index in [0.717, 1.165) is 23.7 Å². The van der Waals surface area contributed by atoms with Gasteiger partial charge in [-0.3, -0.25) is 0 Å². The SMILES string of the molecule is CC1(C)C(Nc2cc(I)ccc2Cl)C2CCOC21. The van der Waals surface area contributed by atoms with Crippen molar-refractivity contribution in [3.05, 3.63) is 26.8 Å². The van der Waals surface area contributed by atoms with Gasteiger partial charge < -0.3 is 10.1 Å². The van der Waals surface area contributed by atoms with Gasteiger partial charge in [0.1, 0.15) is 0 Å². The molecule has 1 aliphatic heterocycles. The van der Waals surface area contributed by atoms with Gasteiger partial charge in [0.25, 0.3) is 0 Å². The van der Waals surface area contributed by atoms with Crippen LogP contribution in [0.4, 0.5) is 5.69 Å². The van der Waals surface area contributed by atoms with Crippen molar-refractivity contribution in [3.8, 4) is 0 Å². The Kier molecular flexibility index (Phi) is 3.27. The minimum absolute atomic E-state index is 0.186. The van der Waals surface area contributed by atoms with Gasteiger partial charge in [0.05, 0.1) is 16.8 Å². The predicted octanol–water partition coefficient (Wildman–Crippen LogP) is 4.17. The quantitative estimate of drug-likeness (QED) is 0.781. The van der Waals surface area contributed by atoms with Crippen molar-refractivity contribution in [2.45, 2.75) is 32.4 Å². The zero-order chi connectivity index (χ0) is 12.9. The van der Waals surface area contributed by atoms with Crippen LogP contribution in [0.15, 0.2) is 18.2 Å². The van der Waals surface area contributed by atoms with Crippen molar-refractivity contribution in [3.63, 3.8) is 0 Å². The lowest BCUT2D eigenvalue weighted by atomic mass is 9.57. The highest BCUT2D eigenvalue weighted by Gasteiger charge is 2.59. The summed E-state index contributed by atoms with van der Waals surface area (Å²) in [5, 5.41) is 4.43. The highest BCUT2D eigenvalue weighted by molar-refractivity contribution is 14.1. The van der Waals surface area contributed by atoms with Crippen molar-refractivity contribution in [2.24, 2.45) is 11.3 Å². The summed E-state index contributed by atoms with van der Waals surface area (Å²) in [5.41, 5.74) is 1.23. The second-order valence-electron chi connectivity index (χ2n) is 5.81. The molecule has 2 fully saturated rings. The van der Waals surface area contributed by atoms with Gasteiger partial charge in [-0.15, -0.1) is 0 Å². The van der Waals surface area contributed by atoms with E-state index in [9.17, 15) is 0 Å². The van der Waals surface area contributed by atoms with E-state index in [2.05, 4.69) is 47.8 Å². The van der Waals surface area contributed by atoms with E-state index in [1.807, 2.05) is 12.1 Å². The summed E-state index contributed by atoms with van der Waals surface area (Å²) < 4.78 is 7.02. The van der Waals surface area contributed by atoms with Gasteiger partial charge in [0, 0.05) is 27.6 Å². The molecule has 1 saturated carbocycles. The summed E-state index contributed by atoms with van der Waals surface area (Å²) in [6.07, 6.45) is 1.57. The first-order chi connectivity index (χ1) is 8.50. The fraction of sp³-hybridized carbons (Fsp3) is 0.571. The van der Waals surface area contributed by atoms with Crippen LogP contribution < -0.4 is 5.32 Å². The van der Waals surface area contributed by atoms with Crippen LogP contribution in [0.2, 0.25) is 5.02 Å². The third-order valence-electron chi connectivity index (χ3n) is 4.34. The summed E-state index contributed by atoms with van der Waals surface area (Å²) >= 11 is 8.58. The number of halogens is 2. The third kappa shape index (κ3) is 1.95. The molecule has 3 atom stereocenters. The predicted molar refractivity (Wildman–Crippen MR) is 83.2 cm³/mol. The van der Waals surface area contributed by atoms with E-state index < -0.39 is 0 Å². The Balaban J connectivity index is 1.82. The Bertz CT molecular complexity index is 477. The number of nitrogens with one attached hydrogen (secondary N) is 1. The highest BCUT2D eigenvalue weighted by Crippen LogP contribution is 2.53. The number of anilines is 1. The summed E-state index contributed by atoms with van der Waals surface area (Å²) in [6, 6.07) is 6.56. The van der Waals surface area contributed by atoms with Gasteiger partial charge >= 0.3 is 0 Å². The lowest BCUT2D eigenvalue weighted by Gasteiger charge is -2.55. The molecule has 0 bridgehead atoms. The molecule has 0 amide bonds. The topological polar surface area (TPSA) is 21.3 Å². The molecular formula is C14H17ClINO. The lowest BCUT2D eigenvalue weighted by molar-refractivity contribution is -0.0923. The molecule has 1 N–H and O–H groups in total. The number of ether oxygens (including phenoxy) is 1. The minimum Gasteiger partial charge on any atom is -0.380 e. The molecule has 0 aromatic heterocycles. The molecule has 4 heteroatoms. The molecule has 0 spiro atoms. The zero-order valence-electron chi connectivity index (χ0n) is 10.5. The van der Waals surface area contributed by atoms with Gasteiger partial charge in [0.15, 0.2) is 0 Å². The Labute approximate surface area is 127 Å². The van der Waals surface area contributed by atoms with Crippen molar-refractivity contribution >= 4 is 39.9 Å². The molecule has 1 aromatic rings. The summed E-state index contributed by atoms with van der Waals surface area (Å²) in [4.78, 5) is 0. The van der Waals surface area contributed by atoms with Crippen LogP contribution in [0.5, 0.6) is 0 Å².